The highest BCUT2D eigenvalue weighted by molar-refractivity contribution is 5.48. The smallest absolute Gasteiger partial charge is 0.454 e. The van der Waals surface area contributed by atoms with E-state index < -0.39 is 13.0 Å². The van der Waals surface area contributed by atoms with Crippen LogP contribution in [0.1, 0.15) is 5.56 Å². The molecule has 0 atom stereocenters. The standard InChI is InChI=1S/C11H12F3NO3/c12-11(13,14)18-5-4-15-6-8-2-1-3-9-10(8)17-7-16-9/h1-3,15H,4-7H2. The molecule has 1 aliphatic rings. The first-order valence-electron chi connectivity index (χ1n) is 5.35. The molecule has 7 heteroatoms. The Labute approximate surface area is 102 Å². The van der Waals surface area contributed by atoms with Gasteiger partial charge in [-0.2, -0.15) is 0 Å². The van der Waals surface area contributed by atoms with Crippen LogP contribution in [0.2, 0.25) is 0 Å². The molecular formula is C11H12F3NO3. The topological polar surface area (TPSA) is 39.7 Å². The molecule has 0 radical (unpaired) electrons. The third kappa shape index (κ3) is 3.51. The lowest BCUT2D eigenvalue weighted by molar-refractivity contribution is -0.323. The van der Waals surface area contributed by atoms with Crippen LogP contribution in [0.4, 0.5) is 13.2 Å². The predicted molar refractivity (Wildman–Crippen MR) is 56.3 cm³/mol. The van der Waals surface area contributed by atoms with Gasteiger partial charge in [-0.1, -0.05) is 12.1 Å². The van der Waals surface area contributed by atoms with E-state index in [4.69, 9.17) is 9.47 Å². The Morgan fingerprint density at radius 1 is 1.28 bits per heavy atom. The van der Waals surface area contributed by atoms with E-state index in [0.29, 0.717) is 18.0 Å². The van der Waals surface area contributed by atoms with Crippen LogP contribution in [0.3, 0.4) is 0 Å². The number of rotatable bonds is 5. The van der Waals surface area contributed by atoms with E-state index in [1.165, 1.54) is 0 Å². The van der Waals surface area contributed by atoms with Gasteiger partial charge < -0.3 is 14.8 Å². The number of para-hydroxylation sites is 1. The van der Waals surface area contributed by atoms with Gasteiger partial charge >= 0.3 is 6.36 Å². The number of hydrogen-bond donors (Lipinski definition) is 1. The van der Waals surface area contributed by atoms with Gasteiger partial charge in [-0.25, -0.2) is 0 Å². The lowest BCUT2D eigenvalue weighted by Gasteiger charge is -2.09. The fourth-order valence-corrected chi connectivity index (χ4v) is 1.59. The molecule has 2 rings (SSSR count). The molecule has 1 N–H and O–H groups in total. The first-order valence-corrected chi connectivity index (χ1v) is 5.35. The summed E-state index contributed by atoms with van der Waals surface area (Å²) in [7, 11) is 0. The van der Waals surface area contributed by atoms with Gasteiger partial charge in [-0.15, -0.1) is 13.2 Å². The lowest BCUT2D eigenvalue weighted by Crippen LogP contribution is -2.24. The van der Waals surface area contributed by atoms with Crippen LogP contribution >= 0.6 is 0 Å². The van der Waals surface area contributed by atoms with Crippen molar-refractivity contribution in [3.63, 3.8) is 0 Å². The number of ether oxygens (including phenoxy) is 3. The summed E-state index contributed by atoms with van der Waals surface area (Å²) in [5.74, 6) is 1.29. The predicted octanol–water partition coefficient (Wildman–Crippen LogP) is 2.04. The summed E-state index contributed by atoms with van der Waals surface area (Å²) < 4.78 is 49.2. The van der Waals surface area contributed by atoms with Crippen molar-refractivity contribution < 1.29 is 27.4 Å². The van der Waals surface area contributed by atoms with E-state index in [-0.39, 0.29) is 13.3 Å². The normalized spacial score (nSPS) is 13.9. The maximum absolute atomic E-state index is 11.7. The fraction of sp³-hybridized carbons (Fsp3) is 0.455. The Kier molecular flexibility index (Phi) is 3.93. The molecule has 0 aliphatic carbocycles. The third-order valence-electron chi connectivity index (χ3n) is 2.34. The Bertz CT molecular complexity index is 409. The van der Waals surface area contributed by atoms with Gasteiger partial charge in [0.25, 0.3) is 0 Å². The van der Waals surface area contributed by atoms with E-state index in [0.717, 1.165) is 5.56 Å². The highest BCUT2D eigenvalue weighted by Gasteiger charge is 2.28. The van der Waals surface area contributed by atoms with Gasteiger partial charge in [0.1, 0.15) is 0 Å². The van der Waals surface area contributed by atoms with Crippen molar-refractivity contribution in [1.82, 2.24) is 5.32 Å². The van der Waals surface area contributed by atoms with Crippen LogP contribution in [-0.4, -0.2) is 26.3 Å². The van der Waals surface area contributed by atoms with E-state index in [1.807, 2.05) is 6.07 Å². The van der Waals surface area contributed by atoms with Crippen LogP contribution in [0, 0.1) is 0 Å². The highest BCUT2D eigenvalue weighted by Crippen LogP contribution is 2.35. The number of alkyl halides is 3. The van der Waals surface area contributed by atoms with Gasteiger partial charge in [0.05, 0.1) is 6.61 Å². The van der Waals surface area contributed by atoms with E-state index >= 15 is 0 Å². The molecule has 18 heavy (non-hydrogen) atoms. The number of hydrogen-bond acceptors (Lipinski definition) is 4. The number of benzene rings is 1. The summed E-state index contributed by atoms with van der Waals surface area (Å²) in [6.45, 7) is 0.247. The van der Waals surface area contributed by atoms with Crippen molar-refractivity contribution in [2.24, 2.45) is 0 Å². The van der Waals surface area contributed by atoms with E-state index in [1.54, 1.807) is 12.1 Å². The first-order chi connectivity index (χ1) is 8.56. The van der Waals surface area contributed by atoms with Crippen LogP contribution in [-0.2, 0) is 11.3 Å². The minimum absolute atomic E-state index is 0.101. The Hall–Kier alpha value is -1.47. The van der Waals surface area contributed by atoms with Crippen LogP contribution < -0.4 is 14.8 Å². The molecular weight excluding hydrogens is 251 g/mol. The minimum Gasteiger partial charge on any atom is -0.454 e. The average molecular weight is 263 g/mol. The zero-order valence-corrected chi connectivity index (χ0v) is 9.42. The zero-order chi connectivity index (χ0) is 13.0. The van der Waals surface area contributed by atoms with Crippen LogP contribution in [0.25, 0.3) is 0 Å². The second-order valence-corrected chi connectivity index (χ2v) is 3.62. The Morgan fingerprint density at radius 2 is 2.11 bits per heavy atom. The van der Waals surface area contributed by atoms with Crippen molar-refractivity contribution in [3.8, 4) is 11.5 Å². The van der Waals surface area contributed by atoms with Crippen molar-refractivity contribution in [1.29, 1.82) is 0 Å². The first kappa shape index (κ1) is 13.0. The zero-order valence-electron chi connectivity index (χ0n) is 9.42. The fourth-order valence-electron chi connectivity index (χ4n) is 1.59. The monoisotopic (exact) mass is 263 g/mol. The summed E-state index contributed by atoms with van der Waals surface area (Å²) in [6.07, 6.45) is -4.58. The number of fused-ring (bicyclic) bond motifs is 1. The summed E-state index contributed by atoms with van der Waals surface area (Å²) in [5, 5.41) is 2.84. The van der Waals surface area contributed by atoms with Crippen molar-refractivity contribution in [3.05, 3.63) is 23.8 Å². The second kappa shape index (κ2) is 5.45. The van der Waals surface area contributed by atoms with Gasteiger partial charge in [0, 0.05) is 18.7 Å². The number of nitrogens with one attached hydrogen (secondary N) is 1. The Morgan fingerprint density at radius 3 is 2.89 bits per heavy atom. The molecule has 100 valence electrons. The van der Waals surface area contributed by atoms with Crippen molar-refractivity contribution in [2.75, 3.05) is 19.9 Å². The SMILES string of the molecule is FC(F)(F)OCCNCc1cccc2c1OCO2. The van der Waals surface area contributed by atoms with Crippen LogP contribution in [0.5, 0.6) is 11.5 Å². The molecule has 1 aliphatic heterocycles. The average Bonchev–Trinajstić information content (AvgIpc) is 2.75. The molecule has 0 amide bonds. The van der Waals surface area contributed by atoms with Gasteiger partial charge in [-0.05, 0) is 6.07 Å². The molecule has 0 spiro atoms. The van der Waals surface area contributed by atoms with Gasteiger partial charge in [0.2, 0.25) is 6.79 Å². The summed E-state index contributed by atoms with van der Waals surface area (Å²) in [4.78, 5) is 0. The minimum atomic E-state index is -4.58. The third-order valence-corrected chi connectivity index (χ3v) is 2.34. The van der Waals surface area contributed by atoms with Crippen molar-refractivity contribution in [2.45, 2.75) is 12.9 Å². The quantitative estimate of drug-likeness (QED) is 0.825. The van der Waals surface area contributed by atoms with Crippen molar-refractivity contribution >= 4 is 0 Å². The Balaban J connectivity index is 1.76. The molecule has 0 bridgehead atoms. The maximum Gasteiger partial charge on any atom is 0.522 e. The molecule has 1 heterocycles. The molecule has 0 fully saturated rings. The molecule has 1 aromatic carbocycles. The molecule has 0 unspecified atom stereocenters. The van der Waals surface area contributed by atoms with Gasteiger partial charge in [-0.3, -0.25) is 4.74 Å². The maximum atomic E-state index is 11.7. The van der Waals surface area contributed by atoms with E-state index in [2.05, 4.69) is 10.1 Å². The van der Waals surface area contributed by atoms with E-state index in [9.17, 15) is 13.2 Å². The second-order valence-electron chi connectivity index (χ2n) is 3.62. The molecule has 0 aromatic heterocycles. The lowest BCUT2D eigenvalue weighted by atomic mass is 10.2. The highest BCUT2D eigenvalue weighted by atomic mass is 19.4. The number of halogens is 3. The molecule has 0 saturated carbocycles. The van der Waals surface area contributed by atoms with Gasteiger partial charge in [0.15, 0.2) is 11.5 Å². The molecule has 4 nitrogen and oxygen atoms in total. The molecule has 1 aromatic rings. The van der Waals surface area contributed by atoms with Crippen LogP contribution in [0.15, 0.2) is 18.2 Å². The summed E-state index contributed by atoms with van der Waals surface area (Å²) in [6, 6.07) is 5.40. The summed E-state index contributed by atoms with van der Waals surface area (Å²) >= 11 is 0. The molecule has 0 saturated heterocycles. The largest absolute Gasteiger partial charge is 0.522 e. The summed E-state index contributed by atoms with van der Waals surface area (Å²) in [5.41, 5.74) is 0.844.